The first kappa shape index (κ1) is 17.5. The normalized spacial score (nSPS) is 10.6. The van der Waals surface area contributed by atoms with Crippen LogP contribution in [0.3, 0.4) is 0 Å². The Morgan fingerprint density at radius 1 is 1.00 bits per heavy atom. The molecule has 26 heavy (non-hydrogen) atoms. The zero-order valence-electron chi connectivity index (χ0n) is 14.9. The van der Waals surface area contributed by atoms with Gasteiger partial charge >= 0.3 is 0 Å². The van der Waals surface area contributed by atoms with Gasteiger partial charge in [-0.15, -0.1) is 0 Å². The Morgan fingerprint density at radius 2 is 1.69 bits per heavy atom. The lowest BCUT2D eigenvalue weighted by Gasteiger charge is -2.14. The Bertz CT molecular complexity index is 984. The van der Waals surface area contributed by atoms with Gasteiger partial charge in [0.1, 0.15) is 11.3 Å². The van der Waals surface area contributed by atoms with E-state index in [1.165, 1.54) is 20.3 Å². The monoisotopic (exact) mass is 354 g/mol. The van der Waals surface area contributed by atoms with Crippen molar-refractivity contribution in [1.82, 2.24) is 4.98 Å². The summed E-state index contributed by atoms with van der Waals surface area (Å²) in [6.07, 6.45) is 0. The molecule has 0 N–H and O–H groups in total. The highest BCUT2D eigenvalue weighted by Gasteiger charge is 2.25. The molecule has 0 spiro atoms. The number of ether oxygens (including phenoxy) is 3. The zero-order valence-corrected chi connectivity index (χ0v) is 14.9. The summed E-state index contributed by atoms with van der Waals surface area (Å²) >= 11 is 0. The molecule has 134 valence electrons. The first-order chi connectivity index (χ1) is 12.5. The van der Waals surface area contributed by atoms with Crippen LogP contribution in [0.4, 0.5) is 5.69 Å². The summed E-state index contributed by atoms with van der Waals surface area (Å²) in [5.74, 6) is 1.42. The fourth-order valence-electron chi connectivity index (χ4n) is 2.98. The number of hydrogen-bond donors (Lipinski definition) is 0. The van der Waals surface area contributed by atoms with E-state index in [0.29, 0.717) is 39.4 Å². The fraction of sp³-hybridized carbons (Fsp3) is 0.211. The standard InChI is InChI=1S/C19H18N2O5/c1-11-9-16(26-4)20-19-15(25-3)10-14(21(22)23)18(17(11)19)12-5-7-13(24-2)8-6-12/h5-10H,1-4H3. The second-order valence-electron chi connectivity index (χ2n) is 5.66. The molecule has 0 amide bonds. The fourth-order valence-corrected chi connectivity index (χ4v) is 2.98. The molecule has 0 saturated carbocycles. The summed E-state index contributed by atoms with van der Waals surface area (Å²) in [4.78, 5) is 15.8. The number of hydrogen-bond acceptors (Lipinski definition) is 6. The van der Waals surface area contributed by atoms with Gasteiger partial charge in [-0.3, -0.25) is 10.1 Å². The van der Waals surface area contributed by atoms with Crippen LogP contribution in [0.2, 0.25) is 0 Å². The van der Waals surface area contributed by atoms with Gasteiger partial charge in [-0.1, -0.05) is 12.1 Å². The summed E-state index contributed by atoms with van der Waals surface area (Å²) in [5, 5.41) is 12.4. The number of benzene rings is 2. The summed E-state index contributed by atoms with van der Waals surface area (Å²) in [6.45, 7) is 1.86. The molecule has 3 aromatic rings. The van der Waals surface area contributed by atoms with Crippen LogP contribution >= 0.6 is 0 Å². The largest absolute Gasteiger partial charge is 0.497 e. The molecule has 1 heterocycles. The summed E-state index contributed by atoms with van der Waals surface area (Å²) in [7, 11) is 4.55. The van der Waals surface area contributed by atoms with E-state index < -0.39 is 4.92 Å². The smallest absolute Gasteiger partial charge is 0.281 e. The van der Waals surface area contributed by atoms with Gasteiger partial charge in [0, 0.05) is 11.5 Å². The van der Waals surface area contributed by atoms with E-state index in [1.54, 1.807) is 37.4 Å². The molecule has 0 aliphatic heterocycles. The summed E-state index contributed by atoms with van der Waals surface area (Å²) in [5.41, 5.74) is 2.45. The highest BCUT2D eigenvalue weighted by molar-refractivity contribution is 6.04. The maximum Gasteiger partial charge on any atom is 0.281 e. The van der Waals surface area contributed by atoms with Crippen LogP contribution in [0, 0.1) is 17.0 Å². The van der Waals surface area contributed by atoms with Crippen LogP contribution in [0.5, 0.6) is 17.4 Å². The van der Waals surface area contributed by atoms with Crippen molar-refractivity contribution in [3.63, 3.8) is 0 Å². The third kappa shape index (κ3) is 2.88. The second kappa shape index (κ2) is 6.87. The van der Waals surface area contributed by atoms with Crippen molar-refractivity contribution in [2.75, 3.05) is 21.3 Å². The zero-order chi connectivity index (χ0) is 18.8. The molecule has 0 fully saturated rings. The van der Waals surface area contributed by atoms with Gasteiger partial charge in [-0.2, -0.15) is 0 Å². The Kier molecular flexibility index (Phi) is 4.62. The quantitative estimate of drug-likeness (QED) is 0.506. The van der Waals surface area contributed by atoms with Crippen LogP contribution in [0.25, 0.3) is 22.0 Å². The van der Waals surface area contributed by atoms with E-state index in [-0.39, 0.29) is 5.69 Å². The van der Waals surface area contributed by atoms with Crippen molar-refractivity contribution >= 4 is 16.6 Å². The van der Waals surface area contributed by atoms with Crippen LogP contribution in [0.15, 0.2) is 36.4 Å². The van der Waals surface area contributed by atoms with Crippen LogP contribution in [-0.4, -0.2) is 31.2 Å². The van der Waals surface area contributed by atoms with Crippen LogP contribution in [-0.2, 0) is 0 Å². The van der Waals surface area contributed by atoms with E-state index >= 15 is 0 Å². The molecule has 1 aromatic heterocycles. The number of nitro benzene ring substituents is 1. The van der Waals surface area contributed by atoms with E-state index in [0.717, 1.165) is 5.56 Å². The van der Waals surface area contributed by atoms with Gasteiger partial charge in [0.2, 0.25) is 5.88 Å². The molecule has 0 radical (unpaired) electrons. The molecule has 0 bridgehead atoms. The van der Waals surface area contributed by atoms with Crippen molar-refractivity contribution in [3.05, 3.63) is 52.1 Å². The van der Waals surface area contributed by atoms with Crippen molar-refractivity contribution < 1.29 is 19.1 Å². The average molecular weight is 354 g/mol. The van der Waals surface area contributed by atoms with Gasteiger partial charge in [0.05, 0.1) is 37.9 Å². The highest BCUT2D eigenvalue weighted by atomic mass is 16.6. The first-order valence-electron chi connectivity index (χ1n) is 7.85. The summed E-state index contributed by atoms with van der Waals surface area (Å²) < 4.78 is 15.8. The third-order valence-electron chi connectivity index (χ3n) is 4.20. The predicted octanol–water partition coefficient (Wildman–Crippen LogP) is 4.14. The van der Waals surface area contributed by atoms with Gasteiger partial charge in [0.25, 0.3) is 5.69 Å². The lowest BCUT2D eigenvalue weighted by atomic mass is 9.95. The van der Waals surface area contributed by atoms with Crippen LogP contribution in [0.1, 0.15) is 5.56 Å². The number of fused-ring (bicyclic) bond motifs is 1. The van der Waals surface area contributed by atoms with Gasteiger partial charge in [0.15, 0.2) is 5.75 Å². The third-order valence-corrected chi connectivity index (χ3v) is 4.20. The minimum atomic E-state index is -0.412. The predicted molar refractivity (Wildman–Crippen MR) is 98.2 cm³/mol. The van der Waals surface area contributed by atoms with Crippen molar-refractivity contribution in [2.45, 2.75) is 6.92 Å². The SMILES string of the molecule is COc1ccc(-c2c([N+](=O)[O-])cc(OC)c3nc(OC)cc(C)c23)cc1. The van der Waals surface area contributed by atoms with Gasteiger partial charge in [-0.25, -0.2) is 4.98 Å². The molecule has 2 aromatic carbocycles. The molecular weight excluding hydrogens is 336 g/mol. The van der Waals surface area contributed by atoms with Gasteiger partial charge in [-0.05, 0) is 30.2 Å². The second-order valence-corrected chi connectivity index (χ2v) is 5.66. The molecule has 0 aliphatic rings. The summed E-state index contributed by atoms with van der Waals surface area (Å²) in [6, 6.07) is 10.3. The van der Waals surface area contributed by atoms with E-state index in [9.17, 15) is 10.1 Å². The molecular formula is C19H18N2O5. The maximum atomic E-state index is 11.7. The molecule has 7 heteroatoms. The number of nitrogens with zero attached hydrogens (tertiary/aromatic N) is 2. The van der Waals surface area contributed by atoms with Crippen molar-refractivity contribution in [3.8, 4) is 28.5 Å². The number of nitro groups is 1. The number of pyridine rings is 1. The minimum absolute atomic E-state index is 0.0467. The number of rotatable bonds is 5. The topological polar surface area (TPSA) is 83.7 Å². The highest BCUT2D eigenvalue weighted by Crippen LogP contribution is 2.43. The maximum absolute atomic E-state index is 11.7. The van der Waals surface area contributed by atoms with Gasteiger partial charge < -0.3 is 14.2 Å². The molecule has 0 atom stereocenters. The van der Waals surface area contributed by atoms with Crippen molar-refractivity contribution in [2.24, 2.45) is 0 Å². The average Bonchev–Trinajstić information content (AvgIpc) is 2.66. The van der Waals surface area contributed by atoms with Crippen LogP contribution < -0.4 is 14.2 Å². The van der Waals surface area contributed by atoms with E-state index in [2.05, 4.69) is 4.98 Å². The lowest BCUT2D eigenvalue weighted by Crippen LogP contribution is -2.00. The Labute approximate surface area is 150 Å². The molecule has 0 aliphatic carbocycles. The Balaban J connectivity index is 2.45. The van der Waals surface area contributed by atoms with E-state index in [1.807, 2.05) is 6.92 Å². The number of methoxy groups -OCH3 is 3. The lowest BCUT2D eigenvalue weighted by molar-refractivity contribution is -0.384. The molecule has 0 unspecified atom stereocenters. The Hall–Kier alpha value is -3.35. The first-order valence-corrected chi connectivity index (χ1v) is 7.85. The minimum Gasteiger partial charge on any atom is -0.497 e. The van der Waals surface area contributed by atoms with E-state index in [4.69, 9.17) is 14.2 Å². The molecule has 0 saturated heterocycles. The Morgan fingerprint density at radius 3 is 2.23 bits per heavy atom. The molecule has 7 nitrogen and oxygen atoms in total. The van der Waals surface area contributed by atoms with Crippen molar-refractivity contribution in [1.29, 1.82) is 0 Å². The number of aromatic nitrogens is 1. The molecule has 3 rings (SSSR count). The number of aryl methyl sites for hydroxylation is 1.